The SMILES string of the molecule is CCNCC(CC)(CC)CN(C)CCOC. The maximum atomic E-state index is 5.12. The third kappa shape index (κ3) is 5.83. The highest BCUT2D eigenvalue weighted by Gasteiger charge is 2.26. The minimum absolute atomic E-state index is 0.415. The van der Waals surface area contributed by atoms with Crippen LogP contribution in [-0.2, 0) is 4.74 Å². The van der Waals surface area contributed by atoms with Gasteiger partial charge in [0.2, 0.25) is 0 Å². The third-order valence-electron chi connectivity index (χ3n) is 3.53. The molecule has 0 saturated carbocycles. The van der Waals surface area contributed by atoms with Crippen LogP contribution in [0.5, 0.6) is 0 Å². The first kappa shape index (κ1) is 15.9. The van der Waals surface area contributed by atoms with Crippen molar-refractivity contribution in [1.82, 2.24) is 10.2 Å². The van der Waals surface area contributed by atoms with Crippen LogP contribution in [0, 0.1) is 5.41 Å². The molecule has 16 heavy (non-hydrogen) atoms. The molecule has 0 saturated heterocycles. The molecule has 0 unspecified atom stereocenters. The van der Waals surface area contributed by atoms with Gasteiger partial charge in [-0.15, -0.1) is 0 Å². The summed E-state index contributed by atoms with van der Waals surface area (Å²) in [6.45, 7) is 11.9. The first-order valence-corrected chi connectivity index (χ1v) is 6.52. The van der Waals surface area contributed by atoms with Gasteiger partial charge >= 0.3 is 0 Å². The Morgan fingerprint density at radius 3 is 2.25 bits per heavy atom. The fourth-order valence-electron chi connectivity index (χ4n) is 2.07. The summed E-state index contributed by atoms with van der Waals surface area (Å²) in [5, 5.41) is 3.49. The summed E-state index contributed by atoms with van der Waals surface area (Å²) in [4.78, 5) is 2.38. The first-order chi connectivity index (χ1) is 7.64. The van der Waals surface area contributed by atoms with Gasteiger partial charge in [-0.05, 0) is 31.8 Å². The largest absolute Gasteiger partial charge is 0.383 e. The minimum atomic E-state index is 0.415. The Labute approximate surface area is 102 Å². The molecule has 0 aliphatic rings. The first-order valence-electron chi connectivity index (χ1n) is 6.52. The third-order valence-corrected chi connectivity index (χ3v) is 3.53. The summed E-state index contributed by atoms with van der Waals surface area (Å²) in [5.74, 6) is 0. The van der Waals surface area contributed by atoms with Crippen molar-refractivity contribution in [3.05, 3.63) is 0 Å². The Morgan fingerprint density at radius 2 is 1.81 bits per heavy atom. The standard InChI is InChI=1S/C13H30N2O/c1-6-13(7-2,11-14-8-3)12-15(4)9-10-16-5/h14H,6-12H2,1-5H3. The van der Waals surface area contributed by atoms with Gasteiger partial charge in [0, 0.05) is 26.7 Å². The van der Waals surface area contributed by atoms with E-state index in [0.717, 1.165) is 32.8 Å². The van der Waals surface area contributed by atoms with Gasteiger partial charge in [-0.2, -0.15) is 0 Å². The number of nitrogens with one attached hydrogen (secondary N) is 1. The molecule has 0 aromatic carbocycles. The molecule has 0 aliphatic carbocycles. The summed E-state index contributed by atoms with van der Waals surface area (Å²) < 4.78 is 5.12. The van der Waals surface area contributed by atoms with E-state index in [-0.39, 0.29) is 0 Å². The van der Waals surface area contributed by atoms with Crippen molar-refractivity contribution in [2.45, 2.75) is 33.6 Å². The molecular weight excluding hydrogens is 200 g/mol. The zero-order valence-corrected chi connectivity index (χ0v) is 11.8. The van der Waals surface area contributed by atoms with E-state index in [1.54, 1.807) is 7.11 Å². The topological polar surface area (TPSA) is 24.5 Å². The summed E-state index contributed by atoms with van der Waals surface area (Å²) in [5.41, 5.74) is 0.415. The van der Waals surface area contributed by atoms with Crippen LogP contribution in [0.2, 0.25) is 0 Å². The van der Waals surface area contributed by atoms with Crippen LogP contribution in [0.25, 0.3) is 0 Å². The number of methoxy groups -OCH3 is 1. The van der Waals surface area contributed by atoms with Gasteiger partial charge in [0.1, 0.15) is 0 Å². The lowest BCUT2D eigenvalue weighted by molar-refractivity contribution is 0.116. The van der Waals surface area contributed by atoms with Gasteiger partial charge in [0.25, 0.3) is 0 Å². The summed E-state index contributed by atoms with van der Waals surface area (Å²) >= 11 is 0. The molecule has 0 aromatic rings. The van der Waals surface area contributed by atoms with Crippen LogP contribution >= 0.6 is 0 Å². The van der Waals surface area contributed by atoms with Crippen LogP contribution in [0.3, 0.4) is 0 Å². The molecule has 0 bridgehead atoms. The maximum Gasteiger partial charge on any atom is 0.0589 e. The lowest BCUT2D eigenvalue weighted by Gasteiger charge is -2.36. The molecule has 1 N–H and O–H groups in total. The minimum Gasteiger partial charge on any atom is -0.383 e. The number of hydrogen-bond donors (Lipinski definition) is 1. The summed E-state index contributed by atoms with van der Waals surface area (Å²) in [6.07, 6.45) is 2.46. The molecule has 0 amide bonds. The van der Waals surface area contributed by atoms with Crippen LogP contribution in [-0.4, -0.2) is 51.8 Å². The van der Waals surface area contributed by atoms with Crippen LogP contribution in [0.4, 0.5) is 0 Å². The Morgan fingerprint density at radius 1 is 1.19 bits per heavy atom. The molecule has 98 valence electrons. The second-order valence-electron chi connectivity index (χ2n) is 4.72. The Hall–Kier alpha value is -0.120. The number of hydrogen-bond acceptors (Lipinski definition) is 3. The molecule has 3 nitrogen and oxygen atoms in total. The smallest absolute Gasteiger partial charge is 0.0589 e. The average Bonchev–Trinajstić information content (AvgIpc) is 2.32. The van der Waals surface area contributed by atoms with Crippen LogP contribution < -0.4 is 5.32 Å². The molecule has 0 heterocycles. The molecule has 0 rings (SSSR count). The van der Waals surface area contributed by atoms with E-state index in [4.69, 9.17) is 4.74 Å². The van der Waals surface area contributed by atoms with Crippen LogP contribution in [0.15, 0.2) is 0 Å². The summed E-state index contributed by atoms with van der Waals surface area (Å²) in [6, 6.07) is 0. The lowest BCUT2D eigenvalue weighted by atomic mass is 9.81. The quantitative estimate of drug-likeness (QED) is 0.621. The number of nitrogens with zero attached hydrogens (tertiary/aromatic N) is 1. The van der Waals surface area contributed by atoms with Crippen molar-refractivity contribution in [2.75, 3.05) is 46.9 Å². The summed E-state index contributed by atoms with van der Waals surface area (Å²) in [7, 11) is 3.95. The van der Waals surface area contributed by atoms with Crippen molar-refractivity contribution in [1.29, 1.82) is 0 Å². The predicted molar refractivity (Wildman–Crippen MR) is 70.9 cm³/mol. The van der Waals surface area contributed by atoms with Gasteiger partial charge in [-0.1, -0.05) is 20.8 Å². The maximum absolute atomic E-state index is 5.12. The van der Waals surface area contributed by atoms with Gasteiger partial charge in [-0.3, -0.25) is 0 Å². The van der Waals surface area contributed by atoms with E-state index in [1.165, 1.54) is 12.8 Å². The molecule has 0 fully saturated rings. The highest BCUT2D eigenvalue weighted by atomic mass is 16.5. The van der Waals surface area contributed by atoms with E-state index in [9.17, 15) is 0 Å². The molecular formula is C13H30N2O. The van der Waals surface area contributed by atoms with Crippen molar-refractivity contribution in [3.8, 4) is 0 Å². The Balaban J connectivity index is 4.17. The van der Waals surface area contributed by atoms with Crippen molar-refractivity contribution in [3.63, 3.8) is 0 Å². The zero-order valence-electron chi connectivity index (χ0n) is 11.8. The van der Waals surface area contributed by atoms with Crippen molar-refractivity contribution >= 4 is 0 Å². The zero-order chi connectivity index (χ0) is 12.4. The molecule has 0 atom stereocenters. The normalized spacial score (nSPS) is 12.4. The highest BCUT2D eigenvalue weighted by Crippen LogP contribution is 2.26. The fourth-order valence-corrected chi connectivity index (χ4v) is 2.07. The Kier molecular flexibility index (Phi) is 8.90. The molecule has 0 spiro atoms. The van der Waals surface area contributed by atoms with E-state index < -0.39 is 0 Å². The molecule has 0 aromatic heterocycles. The van der Waals surface area contributed by atoms with E-state index in [2.05, 4.69) is 38.0 Å². The van der Waals surface area contributed by atoms with Gasteiger partial charge in [0.05, 0.1) is 6.61 Å². The number of rotatable bonds is 10. The molecule has 3 heteroatoms. The Bertz CT molecular complexity index is 158. The van der Waals surface area contributed by atoms with Crippen LogP contribution in [0.1, 0.15) is 33.6 Å². The molecule has 0 aliphatic heterocycles. The fraction of sp³-hybridized carbons (Fsp3) is 1.00. The van der Waals surface area contributed by atoms with Gasteiger partial charge < -0.3 is 15.0 Å². The monoisotopic (exact) mass is 230 g/mol. The number of ether oxygens (including phenoxy) is 1. The van der Waals surface area contributed by atoms with Crippen molar-refractivity contribution < 1.29 is 4.74 Å². The van der Waals surface area contributed by atoms with E-state index in [0.29, 0.717) is 5.41 Å². The molecule has 0 radical (unpaired) electrons. The van der Waals surface area contributed by atoms with Gasteiger partial charge in [-0.25, -0.2) is 0 Å². The van der Waals surface area contributed by atoms with E-state index >= 15 is 0 Å². The predicted octanol–water partition coefficient (Wildman–Crippen LogP) is 1.98. The van der Waals surface area contributed by atoms with Gasteiger partial charge in [0.15, 0.2) is 0 Å². The van der Waals surface area contributed by atoms with E-state index in [1.807, 2.05) is 0 Å². The second-order valence-corrected chi connectivity index (χ2v) is 4.72. The second kappa shape index (κ2) is 8.97. The highest BCUT2D eigenvalue weighted by molar-refractivity contribution is 4.82. The number of likely N-dealkylation sites (N-methyl/N-ethyl adjacent to an activating group) is 1. The average molecular weight is 230 g/mol. The van der Waals surface area contributed by atoms with Crippen molar-refractivity contribution in [2.24, 2.45) is 5.41 Å². The lowest BCUT2D eigenvalue weighted by Crippen LogP contribution is -2.43.